The highest BCUT2D eigenvalue weighted by atomic mass is 32.2. The molecule has 0 fully saturated rings. The number of carbonyl (C=O) groups is 1. The van der Waals surface area contributed by atoms with E-state index < -0.39 is 39.4 Å². The van der Waals surface area contributed by atoms with Gasteiger partial charge in [0.1, 0.15) is 6.04 Å². The maximum Gasteiger partial charge on any atom is 0.419 e. The second-order valence-electron chi connectivity index (χ2n) is 7.48. The molecule has 11 heteroatoms. The topological polar surface area (TPSA) is 110 Å². The van der Waals surface area contributed by atoms with E-state index in [9.17, 15) is 26.8 Å². The van der Waals surface area contributed by atoms with Crippen LogP contribution in [0.1, 0.15) is 20.3 Å². The summed E-state index contributed by atoms with van der Waals surface area (Å²) in [7, 11) is -2.68. The summed E-state index contributed by atoms with van der Waals surface area (Å²) in [5, 5.41) is 2.39. The summed E-state index contributed by atoms with van der Waals surface area (Å²) in [5.41, 5.74) is 0.491. The van der Waals surface area contributed by atoms with E-state index in [1.165, 1.54) is 35.9 Å². The Morgan fingerprint density at radius 2 is 1.84 bits per heavy atom. The number of hydrogen-bond donors (Lipinski definition) is 2. The van der Waals surface area contributed by atoms with Crippen molar-refractivity contribution in [1.82, 2.24) is 9.29 Å². The lowest BCUT2D eigenvalue weighted by Crippen LogP contribution is -2.44. The zero-order valence-electron chi connectivity index (χ0n) is 17.0. The molecule has 0 aliphatic carbocycles. The Morgan fingerprint density at radius 3 is 2.48 bits per heavy atom. The van der Waals surface area contributed by atoms with Gasteiger partial charge in [0.05, 0.1) is 10.4 Å². The zero-order chi connectivity index (χ0) is 22.9. The number of aryl methyl sites for hydroxylation is 1. The van der Waals surface area contributed by atoms with Gasteiger partial charge < -0.3 is 9.73 Å². The number of fused-ring (bicyclic) bond motifs is 1. The van der Waals surface area contributed by atoms with E-state index in [1.807, 2.05) is 0 Å². The standard InChI is InChI=1S/C20H21F2N3O5S/c1-11(2)8-16(19(26)23-12-4-6-14(21)15(22)9-12)24-31(28,29)13-5-7-17-18(10-13)30-20(27)25(17)3/h4-7,9-11,16,24H,8H2,1-3H3,(H,23,26)/t16-/m1/s1. The van der Waals surface area contributed by atoms with Gasteiger partial charge in [-0.15, -0.1) is 0 Å². The molecule has 8 nitrogen and oxygen atoms in total. The second kappa shape index (κ2) is 8.60. The van der Waals surface area contributed by atoms with Gasteiger partial charge in [0.2, 0.25) is 15.9 Å². The third-order valence-corrected chi connectivity index (χ3v) is 6.05. The molecule has 3 aromatic rings. The van der Waals surface area contributed by atoms with Crippen LogP contribution in [-0.4, -0.2) is 24.9 Å². The lowest BCUT2D eigenvalue weighted by molar-refractivity contribution is -0.118. The van der Waals surface area contributed by atoms with Crippen LogP contribution in [0.3, 0.4) is 0 Å². The first kappa shape index (κ1) is 22.6. The SMILES string of the molecule is CC(C)C[C@@H](NS(=O)(=O)c1ccc2c(c1)oc(=O)n2C)C(=O)Nc1ccc(F)c(F)c1. The van der Waals surface area contributed by atoms with E-state index in [0.29, 0.717) is 5.52 Å². The van der Waals surface area contributed by atoms with Crippen molar-refractivity contribution in [2.75, 3.05) is 5.32 Å². The van der Waals surface area contributed by atoms with Crippen LogP contribution in [0.15, 0.2) is 50.5 Å². The van der Waals surface area contributed by atoms with Crippen molar-refractivity contribution in [3.63, 3.8) is 0 Å². The van der Waals surface area contributed by atoms with E-state index in [-0.39, 0.29) is 28.5 Å². The molecule has 1 aromatic heterocycles. The quantitative estimate of drug-likeness (QED) is 0.572. The number of oxazole rings is 1. The number of benzene rings is 2. The molecule has 0 radical (unpaired) electrons. The van der Waals surface area contributed by atoms with Crippen molar-refractivity contribution in [3.05, 3.63) is 58.6 Å². The van der Waals surface area contributed by atoms with Gasteiger partial charge in [-0.2, -0.15) is 4.72 Å². The summed E-state index contributed by atoms with van der Waals surface area (Å²) in [6.45, 7) is 3.60. The highest BCUT2D eigenvalue weighted by Gasteiger charge is 2.27. The summed E-state index contributed by atoms with van der Waals surface area (Å²) < 4.78 is 60.9. The molecule has 31 heavy (non-hydrogen) atoms. The molecule has 0 bridgehead atoms. The van der Waals surface area contributed by atoms with Crippen molar-refractivity contribution < 1.29 is 26.4 Å². The molecule has 3 rings (SSSR count). The number of rotatable bonds is 7. The van der Waals surface area contributed by atoms with Gasteiger partial charge >= 0.3 is 5.76 Å². The lowest BCUT2D eigenvalue weighted by Gasteiger charge is -2.20. The average Bonchev–Trinajstić information content (AvgIpc) is 2.97. The van der Waals surface area contributed by atoms with Gasteiger partial charge in [0.15, 0.2) is 17.2 Å². The summed E-state index contributed by atoms with van der Waals surface area (Å²) >= 11 is 0. The molecular weight excluding hydrogens is 432 g/mol. The van der Waals surface area contributed by atoms with E-state index >= 15 is 0 Å². The largest absolute Gasteiger partial charge is 0.419 e. The number of nitrogens with zero attached hydrogens (tertiary/aromatic N) is 1. The highest BCUT2D eigenvalue weighted by molar-refractivity contribution is 7.89. The van der Waals surface area contributed by atoms with E-state index in [0.717, 1.165) is 12.1 Å². The van der Waals surface area contributed by atoms with Crippen LogP contribution < -0.4 is 15.8 Å². The van der Waals surface area contributed by atoms with Crippen LogP contribution >= 0.6 is 0 Å². The highest BCUT2D eigenvalue weighted by Crippen LogP contribution is 2.20. The Bertz CT molecular complexity index is 1300. The minimum Gasteiger partial charge on any atom is -0.408 e. The fourth-order valence-corrected chi connectivity index (χ4v) is 4.24. The first-order valence-corrected chi connectivity index (χ1v) is 10.8. The van der Waals surface area contributed by atoms with Crippen LogP contribution in [0.4, 0.5) is 14.5 Å². The molecule has 0 spiro atoms. The number of nitrogens with one attached hydrogen (secondary N) is 2. The fraction of sp³-hybridized carbons (Fsp3) is 0.300. The molecule has 0 aliphatic rings. The molecule has 2 aromatic carbocycles. The predicted molar refractivity (Wildman–Crippen MR) is 110 cm³/mol. The van der Waals surface area contributed by atoms with Gasteiger partial charge in [0.25, 0.3) is 0 Å². The van der Waals surface area contributed by atoms with E-state index in [2.05, 4.69) is 10.0 Å². The molecule has 2 N–H and O–H groups in total. The smallest absolute Gasteiger partial charge is 0.408 e. The number of amides is 1. The van der Waals surface area contributed by atoms with Crippen molar-refractivity contribution in [3.8, 4) is 0 Å². The van der Waals surface area contributed by atoms with E-state index in [1.54, 1.807) is 13.8 Å². The van der Waals surface area contributed by atoms with Crippen molar-refractivity contribution in [1.29, 1.82) is 0 Å². The number of halogens is 2. The molecule has 0 saturated heterocycles. The van der Waals surface area contributed by atoms with Crippen LogP contribution in [0.2, 0.25) is 0 Å². The summed E-state index contributed by atoms with van der Waals surface area (Å²) in [6.07, 6.45) is 0.150. The average molecular weight is 453 g/mol. The number of hydrogen-bond acceptors (Lipinski definition) is 5. The Hall–Kier alpha value is -3.05. The lowest BCUT2D eigenvalue weighted by atomic mass is 10.0. The summed E-state index contributed by atoms with van der Waals surface area (Å²) in [6, 6.07) is 5.56. The van der Waals surface area contributed by atoms with Crippen LogP contribution in [0, 0.1) is 17.6 Å². The van der Waals surface area contributed by atoms with Crippen LogP contribution in [0.5, 0.6) is 0 Å². The Morgan fingerprint density at radius 1 is 1.13 bits per heavy atom. The van der Waals surface area contributed by atoms with Gasteiger partial charge in [-0.3, -0.25) is 9.36 Å². The number of aromatic nitrogens is 1. The third-order valence-electron chi connectivity index (χ3n) is 4.58. The molecule has 0 saturated carbocycles. The fourth-order valence-electron chi connectivity index (χ4n) is 3.02. The molecule has 0 unspecified atom stereocenters. The maximum atomic E-state index is 13.4. The molecule has 1 heterocycles. The Kier molecular flexibility index (Phi) is 6.27. The molecule has 0 aliphatic heterocycles. The monoisotopic (exact) mass is 453 g/mol. The number of carbonyl (C=O) groups excluding carboxylic acids is 1. The molecular formula is C20H21F2N3O5S. The molecule has 1 atom stereocenters. The van der Waals surface area contributed by atoms with Crippen LogP contribution in [-0.2, 0) is 21.9 Å². The minimum absolute atomic E-state index is 0.00988. The Balaban J connectivity index is 1.87. The van der Waals surface area contributed by atoms with Crippen molar-refractivity contribution >= 4 is 32.7 Å². The zero-order valence-corrected chi connectivity index (χ0v) is 17.8. The van der Waals surface area contributed by atoms with Crippen molar-refractivity contribution in [2.24, 2.45) is 13.0 Å². The van der Waals surface area contributed by atoms with Crippen LogP contribution in [0.25, 0.3) is 11.1 Å². The molecule has 166 valence electrons. The Labute approximate surface area is 176 Å². The second-order valence-corrected chi connectivity index (χ2v) is 9.19. The predicted octanol–water partition coefficient (Wildman–Crippen LogP) is 2.74. The summed E-state index contributed by atoms with van der Waals surface area (Å²) in [5.74, 6) is -3.63. The third kappa shape index (κ3) is 5.00. The van der Waals surface area contributed by atoms with Gasteiger partial charge in [-0.05, 0) is 36.6 Å². The number of sulfonamides is 1. The summed E-state index contributed by atoms with van der Waals surface area (Å²) in [4.78, 5) is 24.1. The maximum absolute atomic E-state index is 13.4. The first-order chi connectivity index (χ1) is 14.5. The van der Waals surface area contributed by atoms with Crippen molar-refractivity contribution in [2.45, 2.75) is 31.2 Å². The van der Waals surface area contributed by atoms with Gasteiger partial charge in [0, 0.05) is 24.9 Å². The molecule has 1 amide bonds. The van der Waals surface area contributed by atoms with E-state index in [4.69, 9.17) is 4.42 Å². The van der Waals surface area contributed by atoms with Gasteiger partial charge in [-0.25, -0.2) is 22.0 Å². The number of anilines is 1. The van der Waals surface area contributed by atoms with Gasteiger partial charge in [-0.1, -0.05) is 13.8 Å². The normalized spacial score (nSPS) is 13.0. The first-order valence-electron chi connectivity index (χ1n) is 9.36. The minimum atomic E-state index is -4.17.